The quantitative estimate of drug-likeness (QED) is 0.426. The Labute approximate surface area is 186 Å². The van der Waals surface area contributed by atoms with Gasteiger partial charge in [-0.15, -0.1) is 0 Å². The van der Waals surface area contributed by atoms with E-state index < -0.39 is 11.9 Å². The number of ether oxygens (including phenoxy) is 2. The van der Waals surface area contributed by atoms with E-state index in [2.05, 4.69) is 6.07 Å². The minimum absolute atomic E-state index is 0.104. The molecule has 3 aromatic rings. The van der Waals surface area contributed by atoms with Crippen LogP contribution in [0.2, 0.25) is 0 Å². The number of hydrogen-bond acceptors (Lipinski definition) is 5. The van der Waals surface area contributed by atoms with E-state index in [1.54, 1.807) is 29.2 Å². The van der Waals surface area contributed by atoms with Crippen molar-refractivity contribution in [2.45, 2.75) is 13.3 Å². The molecule has 1 fully saturated rings. The number of nitriles is 1. The SMILES string of the molecule is CCOc1ccc(N2CC(C(=O)Oc3ccc(-c4ccc(C#N)cc4)cc3)CC2=O)cc1. The van der Waals surface area contributed by atoms with Gasteiger partial charge in [0.05, 0.1) is 24.2 Å². The Bertz CT molecular complexity index is 1150. The fourth-order valence-electron chi connectivity index (χ4n) is 3.66. The fourth-order valence-corrected chi connectivity index (χ4v) is 3.66. The molecule has 4 rings (SSSR count). The predicted molar refractivity (Wildman–Crippen MR) is 120 cm³/mol. The summed E-state index contributed by atoms with van der Waals surface area (Å²) in [6.45, 7) is 2.77. The van der Waals surface area contributed by atoms with Crippen LogP contribution in [0.3, 0.4) is 0 Å². The Balaban J connectivity index is 1.38. The summed E-state index contributed by atoms with van der Waals surface area (Å²) in [5.74, 6) is 0.125. The second-order valence-corrected chi connectivity index (χ2v) is 7.47. The molecule has 1 aliphatic rings. The number of carbonyl (C=O) groups excluding carboxylic acids is 2. The third-order valence-electron chi connectivity index (χ3n) is 5.34. The average molecular weight is 426 g/mol. The van der Waals surface area contributed by atoms with Crippen LogP contribution in [0.5, 0.6) is 11.5 Å². The minimum Gasteiger partial charge on any atom is -0.494 e. The van der Waals surface area contributed by atoms with Crippen molar-refractivity contribution in [1.29, 1.82) is 5.26 Å². The number of benzene rings is 3. The van der Waals surface area contributed by atoms with Gasteiger partial charge in [-0.1, -0.05) is 24.3 Å². The Morgan fingerprint density at radius 2 is 1.56 bits per heavy atom. The van der Waals surface area contributed by atoms with Gasteiger partial charge in [0.1, 0.15) is 11.5 Å². The normalized spacial score (nSPS) is 15.3. The maximum absolute atomic E-state index is 12.7. The van der Waals surface area contributed by atoms with Gasteiger partial charge in [0.15, 0.2) is 0 Å². The summed E-state index contributed by atoms with van der Waals surface area (Å²) in [7, 11) is 0. The second-order valence-electron chi connectivity index (χ2n) is 7.47. The lowest BCUT2D eigenvalue weighted by Crippen LogP contribution is -2.27. The molecule has 1 amide bonds. The first-order valence-electron chi connectivity index (χ1n) is 10.4. The Morgan fingerprint density at radius 3 is 2.16 bits per heavy atom. The van der Waals surface area contributed by atoms with Crippen molar-refractivity contribution in [3.63, 3.8) is 0 Å². The van der Waals surface area contributed by atoms with Crippen LogP contribution in [0.15, 0.2) is 72.8 Å². The first-order valence-corrected chi connectivity index (χ1v) is 10.4. The van der Waals surface area contributed by atoms with E-state index in [4.69, 9.17) is 14.7 Å². The third-order valence-corrected chi connectivity index (χ3v) is 5.34. The second kappa shape index (κ2) is 9.36. The van der Waals surface area contributed by atoms with Crippen LogP contribution in [0.1, 0.15) is 18.9 Å². The van der Waals surface area contributed by atoms with Gasteiger partial charge >= 0.3 is 5.97 Å². The minimum atomic E-state index is -0.521. The fraction of sp³-hybridized carbons (Fsp3) is 0.192. The highest BCUT2D eigenvalue weighted by Crippen LogP contribution is 2.29. The van der Waals surface area contributed by atoms with Crippen LogP contribution in [-0.4, -0.2) is 25.0 Å². The van der Waals surface area contributed by atoms with E-state index >= 15 is 0 Å². The predicted octanol–water partition coefficient (Wildman–Crippen LogP) is 4.58. The van der Waals surface area contributed by atoms with Crippen LogP contribution in [0.4, 0.5) is 5.69 Å². The van der Waals surface area contributed by atoms with E-state index in [0.717, 1.165) is 22.6 Å². The summed E-state index contributed by atoms with van der Waals surface area (Å²) in [5, 5.41) is 8.91. The van der Waals surface area contributed by atoms with E-state index in [1.165, 1.54) is 0 Å². The first kappa shape index (κ1) is 21.1. The van der Waals surface area contributed by atoms with Crippen molar-refractivity contribution in [3.8, 4) is 28.7 Å². The van der Waals surface area contributed by atoms with Gasteiger partial charge in [0, 0.05) is 18.7 Å². The zero-order chi connectivity index (χ0) is 22.5. The van der Waals surface area contributed by atoms with Crippen LogP contribution in [0.25, 0.3) is 11.1 Å². The first-order chi connectivity index (χ1) is 15.6. The average Bonchev–Trinajstić information content (AvgIpc) is 3.22. The summed E-state index contributed by atoms with van der Waals surface area (Å²) in [6.07, 6.45) is 0.120. The number of rotatable bonds is 6. The highest BCUT2D eigenvalue weighted by atomic mass is 16.5. The molecule has 0 saturated carbocycles. The molecule has 3 aromatic carbocycles. The highest BCUT2D eigenvalue weighted by Gasteiger charge is 2.36. The molecule has 32 heavy (non-hydrogen) atoms. The lowest BCUT2D eigenvalue weighted by Gasteiger charge is -2.17. The van der Waals surface area contributed by atoms with Crippen LogP contribution < -0.4 is 14.4 Å². The van der Waals surface area contributed by atoms with Gasteiger partial charge in [-0.25, -0.2) is 0 Å². The molecule has 1 aliphatic heterocycles. The van der Waals surface area contributed by atoms with Crippen LogP contribution >= 0.6 is 0 Å². The molecular formula is C26H22N2O4. The summed E-state index contributed by atoms with van der Waals surface area (Å²) in [5.41, 5.74) is 3.26. The Morgan fingerprint density at radius 1 is 0.969 bits per heavy atom. The van der Waals surface area contributed by atoms with Crippen molar-refractivity contribution < 1.29 is 19.1 Å². The van der Waals surface area contributed by atoms with Gasteiger partial charge in [0.25, 0.3) is 0 Å². The van der Waals surface area contributed by atoms with Gasteiger partial charge in [-0.05, 0) is 66.6 Å². The molecule has 1 saturated heterocycles. The standard InChI is InChI=1S/C26H22N2O4/c1-2-31-23-13-9-22(10-14-23)28-17-21(15-25(28)29)26(30)32-24-11-7-20(8-12-24)19-5-3-18(16-27)4-6-19/h3-14,21H,2,15,17H2,1H3. The molecule has 1 unspecified atom stereocenters. The number of amides is 1. The van der Waals surface area contributed by atoms with E-state index in [1.807, 2.05) is 55.5 Å². The maximum atomic E-state index is 12.7. The zero-order valence-corrected chi connectivity index (χ0v) is 17.7. The van der Waals surface area contributed by atoms with E-state index in [-0.39, 0.29) is 18.9 Å². The van der Waals surface area contributed by atoms with Crippen LogP contribution in [-0.2, 0) is 9.59 Å². The number of anilines is 1. The number of hydrogen-bond donors (Lipinski definition) is 0. The molecule has 6 heteroatoms. The van der Waals surface area contributed by atoms with Crippen molar-refractivity contribution in [3.05, 3.63) is 78.4 Å². The topological polar surface area (TPSA) is 79.6 Å². The molecule has 0 spiro atoms. The summed E-state index contributed by atoms with van der Waals surface area (Å²) in [4.78, 5) is 26.7. The molecule has 1 atom stereocenters. The number of nitrogens with zero attached hydrogens (tertiary/aromatic N) is 2. The molecular weight excluding hydrogens is 404 g/mol. The third kappa shape index (κ3) is 4.62. The Hall–Kier alpha value is -4.11. The van der Waals surface area contributed by atoms with Crippen LogP contribution in [0, 0.1) is 17.2 Å². The van der Waals surface area contributed by atoms with Crippen molar-refractivity contribution in [2.24, 2.45) is 5.92 Å². The molecule has 160 valence electrons. The van der Waals surface area contributed by atoms with Crippen molar-refractivity contribution in [2.75, 3.05) is 18.1 Å². The molecule has 6 nitrogen and oxygen atoms in total. The summed E-state index contributed by atoms with van der Waals surface area (Å²) in [6, 6.07) is 23.8. The van der Waals surface area contributed by atoms with E-state index in [0.29, 0.717) is 17.9 Å². The van der Waals surface area contributed by atoms with Gasteiger partial charge in [0.2, 0.25) is 5.91 Å². The summed E-state index contributed by atoms with van der Waals surface area (Å²) < 4.78 is 11.0. The van der Waals surface area contributed by atoms with Gasteiger partial charge in [-0.3, -0.25) is 9.59 Å². The molecule has 0 radical (unpaired) electrons. The molecule has 0 bridgehead atoms. The highest BCUT2D eigenvalue weighted by molar-refractivity contribution is 5.99. The monoisotopic (exact) mass is 426 g/mol. The lowest BCUT2D eigenvalue weighted by atomic mass is 10.0. The maximum Gasteiger partial charge on any atom is 0.316 e. The van der Waals surface area contributed by atoms with Gasteiger partial charge in [-0.2, -0.15) is 5.26 Å². The molecule has 1 heterocycles. The number of carbonyl (C=O) groups is 2. The molecule has 0 N–H and O–H groups in total. The van der Waals surface area contributed by atoms with E-state index in [9.17, 15) is 9.59 Å². The zero-order valence-electron chi connectivity index (χ0n) is 17.7. The molecule has 0 aromatic heterocycles. The summed E-state index contributed by atoms with van der Waals surface area (Å²) >= 11 is 0. The lowest BCUT2D eigenvalue weighted by molar-refractivity contribution is -0.139. The largest absolute Gasteiger partial charge is 0.494 e. The smallest absolute Gasteiger partial charge is 0.316 e. The molecule has 0 aliphatic carbocycles. The van der Waals surface area contributed by atoms with Crippen molar-refractivity contribution in [1.82, 2.24) is 0 Å². The van der Waals surface area contributed by atoms with Crippen molar-refractivity contribution >= 4 is 17.6 Å². The Kier molecular flexibility index (Phi) is 6.18. The van der Waals surface area contributed by atoms with Gasteiger partial charge < -0.3 is 14.4 Å². The number of esters is 1.